The molecule has 3 aromatic rings. The van der Waals surface area contributed by atoms with Gasteiger partial charge in [0.05, 0.1) is 11.7 Å². The van der Waals surface area contributed by atoms with E-state index in [4.69, 9.17) is 4.74 Å². The molecule has 0 bridgehead atoms. The summed E-state index contributed by atoms with van der Waals surface area (Å²) >= 11 is 0. The molecule has 0 radical (unpaired) electrons. The molecule has 8 nitrogen and oxygen atoms in total. The molecular formula is C23H27N5O3. The van der Waals surface area contributed by atoms with Crippen LogP contribution in [0.3, 0.4) is 0 Å². The SMILES string of the molecule is CN(C)CCN1Cc2c(ccc3[nH]ncc23)CC(NC(=O)OCc2ccccc2)C1=O. The molecular weight excluding hydrogens is 394 g/mol. The van der Waals surface area contributed by atoms with E-state index in [2.05, 4.69) is 15.5 Å². The first-order chi connectivity index (χ1) is 15.0. The van der Waals surface area contributed by atoms with Crippen molar-refractivity contribution < 1.29 is 14.3 Å². The number of hydrogen-bond acceptors (Lipinski definition) is 5. The number of nitrogens with one attached hydrogen (secondary N) is 2. The van der Waals surface area contributed by atoms with E-state index in [1.807, 2.05) is 61.5 Å². The Morgan fingerprint density at radius 2 is 2.06 bits per heavy atom. The number of ether oxygens (including phenoxy) is 1. The molecule has 0 saturated heterocycles. The number of carbonyl (C=O) groups excluding carboxylic acids is 2. The normalized spacial score (nSPS) is 16.3. The largest absolute Gasteiger partial charge is 0.445 e. The number of aromatic amines is 1. The van der Waals surface area contributed by atoms with E-state index in [1.54, 1.807) is 11.1 Å². The Morgan fingerprint density at radius 3 is 2.84 bits per heavy atom. The topological polar surface area (TPSA) is 90.6 Å². The van der Waals surface area contributed by atoms with Crippen LogP contribution in [0.25, 0.3) is 10.9 Å². The smallest absolute Gasteiger partial charge is 0.408 e. The standard InChI is InChI=1S/C23H27N5O3/c1-27(2)10-11-28-14-19-17(8-9-20-18(19)13-24-26-20)12-21(22(28)29)25-23(30)31-15-16-6-4-3-5-7-16/h3-9,13,21H,10-12,14-15H2,1-2H3,(H,24,26)(H,25,30). The Labute approximate surface area is 181 Å². The summed E-state index contributed by atoms with van der Waals surface area (Å²) in [5, 5.41) is 10.9. The van der Waals surface area contributed by atoms with Crippen LogP contribution in [0.15, 0.2) is 48.7 Å². The molecule has 0 saturated carbocycles. The molecule has 2 N–H and O–H groups in total. The number of fused-ring (bicyclic) bond motifs is 3. The van der Waals surface area contributed by atoms with Crippen LogP contribution < -0.4 is 5.32 Å². The van der Waals surface area contributed by atoms with E-state index in [-0.39, 0.29) is 12.5 Å². The fraction of sp³-hybridized carbons (Fsp3) is 0.348. The summed E-state index contributed by atoms with van der Waals surface area (Å²) in [4.78, 5) is 29.6. The molecule has 31 heavy (non-hydrogen) atoms. The van der Waals surface area contributed by atoms with Gasteiger partial charge in [0.25, 0.3) is 0 Å². The van der Waals surface area contributed by atoms with Crippen LogP contribution >= 0.6 is 0 Å². The lowest BCUT2D eigenvalue weighted by molar-refractivity contribution is -0.133. The maximum absolute atomic E-state index is 13.3. The van der Waals surface area contributed by atoms with Crippen molar-refractivity contribution in [2.45, 2.75) is 25.6 Å². The van der Waals surface area contributed by atoms with Gasteiger partial charge in [0.1, 0.15) is 12.6 Å². The Hall–Kier alpha value is -3.39. The van der Waals surface area contributed by atoms with Crippen molar-refractivity contribution in [2.75, 3.05) is 27.2 Å². The molecule has 0 spiro atoms. The number of likely N-dealkylation sites (N-methyl/N-ethyl adjacent to an activating group) is 1. The van der Waals surface area contributed by atoms with E-state index >= 15 is 0 Å². The Morgan fingerprint density at radius 1 is 1.26 bits per heavy atom. The number of hydrogen-bond donors (Lipinski definition) is 2. The molecule has 1 aromatic heterocycles. The van der Waals surface area contributed by atoms with Gasteiger partial charge in [-0.3, -0.25) is 9.89 Å². The maximum Gasteiger partial charge on any atom is 0.408 e. The average Bonchev–Trinajstić information content (AvgIpc) is 3.20. The van der Waals surface area contributed by atoms with Crippen molar-refractivity contribution in [3.63, 3.8) is 0 Å². The van der Waals surface area contributed by atoms with Gasteiger partial charge < -0.3 is 19.9 Å². The zero-order valence-corrected chi connectivity index (χ0v) is 17.8. The fourth-order valence-electron chi connectivity index (χ4n) is 3.83. The second-order valence-corrected chi connectivity index (χ2v) is 8.06. The highest BCUT2D eigenvalue weighted by Gasteiger charge is 2.32. The summed E-state index contributed by atoms with van der Waals surface area (Å²) in [6.45, 7) is 1.94. The third kappa shape index (κ3) is 4.86. The molecule has 1 aliphatic rings. The highest BCUT2D eigenvalue weighted by Crippen LogP contribution is 2.27. The molecule has 0 fully saturated rings. The van der Waals surface area contributed by atoms with Crippen LogP contribution in [0.4, 0.5) is 4.79 Å². The quantitative estimate of drug-likeness (QED) is 0.637. The number of aromatic nitrogens is 2. The van der Waals surface area contributed by atoms with Gasteiger partial charge in [-0.15, -0.1) is 0 Å². The first-order valence-corrected chi connectivity index (χ1v) is 10.4. The van der Waals surface area contributed by atoms with Crippen molar-refractivity contribution >= 4 is 22.9 Å². The number of H-pyrrole nitrogens is 1. The van der Waals surface area contributed by atoms with Crippen LogP contribution in [0.2, 0.25) is 0 Å². The summed E-state index contributed by atoms with van der Waals surface area (Å²) in [5.74, 6) is -0.105. The highest BCUT2D eigenvalue weighted by atomic mass is 16.5. The number of carbonyl (C=O) groups is 2. The number of nitrogens with zero attached hydrogens (tertiary/aromatic N) is 3. The first kappa shape index (κ1) is 20.9. The lowest BCUT2D eigenvalue weighted by Crippen LogP contribution is -2.49. The summed E-state index contributed by atoms with van der Waals surface area (Å²) in [6.07, 6.45) is 1.61. The maximum atomic E-state index is 13.3. The molecule has 4 rings (SSSR count). The van der Waals surface area contributed by atoms with Gasteiger partial charge >= 0.3 is 6.09 Å². The number of amides is 2. The Bertz CT molecular complexity index is 1060. The third-order valence-corrected chi connectivity index (χ3v) is 5.54. The summed E-state index contributed by atoms with van der Waals surface area (Å²) in [7, 11) is 3.95. The van der Waals surface area contributed by atoms with E-state index < -0.39 is 12.1 Å². The molecule has 162 valence electrons. The molecule has 2 heterocycles. The van der Waals surface area contributed by atoms with E-state index in [0.717, 1.165) is 34.1 Å². The summed E-state index contributed by atoms with van der Waals surface area (Å²) in [5.41, 5.74) is 3.93. The zero-order valence-electron chi connectivity index (χ0n) is 17.8. The van der Waals surface area contributed by atoms with Gasteiger partial charge in [0, 0.05) is 31.4 Å². The molecule has 1 aliphatic heterocycles. The molecule has 2 amide bonds. The van der Waals surface area contributed by atoms with Gasteiger partial charge in [-0.2, -0.15) is 5.10 Å². The van der Waals surface area contributed by atoms with E-state index in [0.29, 0.717) is 19.5 Å². The predicted molar refractivity (Wildman–Crippen MR) is 117 cm³/mol. The lowest BCUT2D eigenvalue weighted by Gasteiger charge is -2.26. The van der Waals surface area contributed by atoms with Crippen molar-refractivity contribution in [1.82, 2.24) is 25.3 Å². The van der Waals surface area contributed by atoms with Crippen LogP contribution in [0.5, 0.6) is 0 Å². The summed E-state index contributed by atoms with van der Waals surface area (Å²) in [6, 6.07) is 12.7. The minimum atomic E-state index is -0.684. The first-order valence-electron chi connectivity index (χ1n) is 10.4. The number of benzene rings is 2. The highest BCUT2D eigenvalue weighted by molar-refractivity contribution is 5.89. The van der Waals surface area contributed by atoms with Gasteiger partial charge in [0.2, 0.25) is 5.91 Å². The minimum absolute atomic E-state index is 0.105. The molecule has 0 aliphatic carbocycles. The molecule has 1 unspecified atom stereocenters. The van der Waals surface area contributed by atoms with Crippen molar-refractivity contribution in [3.8, 4) is 0 Å². The van der Waals surface area contributed by atoms with E-state index in [9.17, 15) is 9.59 Å². The predicted octanol–water partition coefficient (Wildman–Crippen LogP) is 2.30. The Kier molecular flexibility index (Phi) is 6.18. The monoisotopic (exact) mass is 421 g/mol. The van der Waals surface area contributed by atoms with E-state index in [1.165, 1.54) is 0 Å². The van der Waals surface area contributed by atoms with Crippen molar-refractivity contribution in [3.05, 3.63) is 65.4 Å². The summed E-state index contributed by atoms with van der Waals surface area (Å²) < 4.78 is 5.36. The number of rotatable bonds is 6. The van der Waals surface area contributed by atoms with Gasteiger partial charge in [-0.1, -0.05) is 36.4 Å². The minimum Gasteiger partial charge on any atom is -0.445 e. The van der Waals surface area contributed by atoms with Gasteiger partial charge in [0.15, 0.2) is 0 Å². The lowest BCUT2D eigenvalue weighted by atomic mass is 9.99. The second-order valence-electron chi connectivity index (χ2n) is 8.06. The number of alkyl carbamates (subject to hydrolysis) is 1. The Balaban J connectivity index is 1.54. The van der Waals surface area contributed by atoms with Crippen molar-refractivity contribution in [1.29, 1.82) is 0 Å². The second kappa shape index (κ2) is 9.18. The van der Waals surface area contributed by atoms with Crippen LogP contribution in [0, 0.1) is 0 Å². The van der Waals surface area contributed by atoms with Gasteiger partial charge in [-0.25, -0.2) is 4.79 Å². The van der Waals surface area contributed by atoms with Crippen LogP contribution in [-0.4, -0.2) is 65.2 Å². The van der Waals surface area contributed by atoms with Crippen LogP contribution in [-0.2, 0) is 29.1 Å². The average molecular weight is 422 g/mol. The molecule has 8 heteroatoms. The van der Waals surface area contributed by atoms with Gasteiger partial charge in [-0.05, 0) is 36.9 Å². The molecule has 1 atom stereocenters. The fourth-order valence-corrected chi connectivity index (χ4v) is 3.83. The molecule has 2 aromatic carbocycles. The van der Waals surface area contributed by atoms with Crippen LogP contribution in [0.1, 0.15) is 16.7 Å². The zero-order chi connectivity index (χ0) is 21.8. The van der Waals surface area contributed by atoms with Crippen molar-refractivity contribution in [2.24, 2.45) is 0 Å². The third-order valence-electron chi connectivity index (χ3n) is 5.54.